The van der Waals surface area contributed by atoms with E-state index in [4.69, 9.17) is 4.74 Å². The van der Waals surface area contributed by atoms with E-state index in [1.165, 1.54) is 6.07 Å². The molecule has 2 N–H and O–H groups in total. The summed E-state index contributed by atoms with van der Waals surface area (Å²) in [6.07, 6.45) is 2.25. The van der Waals surface area contributed by atoms with Crippen LogP contribution in [0.15, 0.2) is 23.2 Å². The van der Waals surface area contributed by atoms with Gasteiger partial charge in [-0.2, -0.15) is 0 Å². The summed E-state index contributed by atoms with van der Waals surface area (Å²) in [5.41, 5.74) is 1.57. The van der Waals surface area contributed by atoms with E-state index in [-0.39, 0.29) is 36.4 Å². The van der Waals surface area contributed by atoms with E-state index in [0.717, 1.165) is 30.9 Å². The molecule has 0 unspecified atom stereocenters. The highest BCUT2D eigenvalue weighted by Gasteiger charge is 2.04. The van der Waals surface area contributed by atoms with E-state index in [2.05, 4.69) is 22.5 Å². The number of nitrogens with one attached hydrogen (secondary N) is 2. The summed E-state index contributed by atoms with van der Waals surface area (Å²) in [7, 11) is 3.30. The minimum atomic E-state index is -0.235. The molecule has 1 aromatic rings. The molecule has 0 aromatic heterocycles. The molecule has 0 saturated carbocycles. The van der Waals surface area contributed by atoms with Gasteiger partial charge in [-0.05, 0) is 24.1 Å². The van der Waals surface area contributed by atoms with Gasteiger partial charge in [0, 0.05) is 32.8 Å². The van der Waals surface area contributed by atoms with Crippen LogP contribution in [-0.4, -0.2) is 26.7 Å². The summed E-state index contributed by atoms with van der Waals surface area (Å²) in [5, 5.41) is 6.44. The van der Waals surface area contributed by atoms with Crippen molar-refractivity contribution in [2.75, 3.05) is 20.7 Å². The Morgan fingerprint density at radius 1 is 1.33 bits per heavy atom. The van der Waals surface area contributed by atoms with Crippen molar-refractivity contribution in [3.05, 3.63) is 35.1 Å². The molecule has 0 aliphatic rings. The second-order valence-electron chi connectivity index (χ2n) is 4.56. The number of methoxy groups -OCH3 is 1. The van der Waals surface area contributed by atoms with Crippen molar-refractivity contribution < 1.29 is 9.13 Å². The predicted molar refractivity (Wildman–Crippen MR) is 95.6 cm³/mol. The van der Waals surface area contributed by atoms with Crippen molar-refractivity contribution in [3.8, 4) is 0 Å². The maximum atomic E-state index is 13.5. The molecule has 0 fully saturated rings. The lowest BCUT2D eigenvalue weighted by atomic mass is 10.1. The molecule has 0 aliphatic carbocycles. The van der Waals surface area contributed by atoms with Gasteiger partial charge in [0.25, 0.3) is 0 Å². The minimum absolute atomic E-state index is 0. The van der Waals surface area contributed by atoms with Crippen LogP contribution in [0.4, 0.5) is 4.39 Å². The molecular formula is C15H25FIN3O. The van der Waals surface area contributed by atoms with Gasteiger partial charge in [0.1, 0.15) is 5.82 Å². The Labute approximate surface area is 143 Å². The van der Waals surface area contributed by atoms with Gasteiger partial charge in [-0.3, -0.25) is 4.99 Å². The Hall–Kier alpha value is -0.890. The van der Waals surface area contributed by atoms with Crippen LogP contribution in [-0.2, 0) is 17.9 Å². The van der Waals surface area contributed by atoms with Gasteiger partial charge < -0.3 is 15.4 Å². The van der Waals surface area contributed by atoms with Crippen molar-refractivity contribution in [2.24, 2.45) is 4.99 Å². The monoisotopic (exact) mass is 409 g/mol. The van der Waals surface area contributed by atoms with Crippen molar-refractivity contribution in [1.29, 1.82) is 0 Å². The summed E-state index contributed by atoms with van der Waals surface area (Å²) in [6.45, 7) is 3.92. The van der Waals surface area contributed by atoms with E-state index in [1.807, 2.05) is 6.07 Å². The van der Waals surface area contributed by atoms with E-state index in [1.54, 1.807) is 20.2 Å². The maximum absolute atomic E-state index is 13.5. The van der Waals surface area contributed by atoms with Crippen LogP contribution in [0.5, 0.6) is 0 Å². The number of benzene rings is 1. The molecule has 21 heavy (non-hydrogen) atoms. The lowest BCUT2D eigenvalue weighted by Gasteiger charge is -2.12. The number of guanidine groups is 1. The summed E-state index contributed by atoms with van der Waals surface area (Å²) in [5.74, 6) is 0.525. The standard InChI is InChI=1S/C15H24FN3O.HI/c1-4-5-8-18-15(17-2)19-10-12-6-7-14(16)13(9-12)11-20-3;/h6-7,9H,4-5,8,10-11H2,1-3H3,(H2,17,18,19);1H. The van der Waals surface area contributed by atoms with Crippen molar-refractivity contribution in [2.45, 2.75) is 32.9 Å². The first-order chi connectivity index (χ1) is 9.71. The molecule has 4 nitrogen and oxygen atoms in total. The van der Waals surface area contributed by atoms with E-state index in [0.29, 0.717) is 12.1 Å². The molecule has 0 heterocycles. The lowest BCUT2D eigenvalue weighted by molar-refractivity contribution is 0.181. The third-order valence-electron chi connectivity index (χ3n) is 2.92. The molecule has 0 amide bonds. The summed E-state index contributed by atoms with van der Waals surface area (Å²) in [4.78, 5) is 4.15. The highest BCUT2D eigenvalue weighted by molar-refractivity contribution is 14.0. The number of hydrogen-bond acceptors (Lipinski definition) is 2. The Bertz CT molecular complexity index is 441. The third-order valence-corrected chi connectivity index (χ3v) is 2.92. The average molecular weight is 409 g/mol. The number of nitrogens with zero attached hydrogens (tertiary/aromatic N) is 1. The Kier molecular flexibility index (Phi) is 11.2. The molecular weight excluding hydrogens is 384 g/mol. The number of aliphatic imine (C=N–C) groups is 1. The second kappa shape index (κ2) is 11.7. The molecule has 6 heteroatoms. The summed E-state index contributed by atoms with van der Waals surface area (Å²) < 4.78 is 18.5. The SMILES string of the molecule is CCCCNC(=NC)NCc1ccc(F)c(COC)c1.I. The Morgan fingerprint density at radius 2 is 2.10 bits per heavy atom. The fourth-order valence-electron chi connectivity index (χ4n) is 1.79. The summed E-state index contributed by atoms with van der Waals surface area (Å²) >= 11 is 0. The van der Waals surface area contributed by atoms with Crippen molar-refractivity contribution in [1.82, 2.24) is 10.6 Å². The average Bonchev–Trinajstić information content (AvgIpc) is 2.46. The summed E-state index contributed by atoms with van der Waals surface area (Å²) in [6, 6.07) is 5.05. The minimum Gasteiger partial charge on any atom is -0.380 e. The van der Waals surface area contributed by atoms with Gasteiger partial charge in [-0.25, -0.2) is 4.39 Å². The fourth-order valence-corrected chi connectivity index (χ4v) is 1.79. The third kappa shape index (κ3) is 7.61. The van der Waals surface area contributed by atoms with Crippen LogP contribution in [0.3, 0.4) is 0 Å². The fraction of sp³-hybridized carbons (Fsp3) is 0.533. The first-order valence-electron chi connectivity index (χ1n) is 6.92. The van der Waals surface area contributed by atoms with Crippen LogP contribution >= 0.6 is 24.0 Å². The zero-order valence-electron chi connectivity index (χ0n) is 12.9. The number of unbranched alkanes of at least 4 members (excludes halogenated alkanes) is 1. The smallest absolute Gasteiger partial charge is 0.191 e. The topological polar surface area (TPSA) is 45.7 Å². The highest BCUT2D eigenvalue weighted by Crippen LogP contribution is 2.11. The molecule has 0 atom stereocenters. The maximum Gasteiger partial charge on any atom is 0.191 e. The van der Waals surface area contributed by atoms with Crippen LogP contribution in [0.25, 0.3) is 0 Å². The molecule has 0 saturated heterocycles. The van der Waals surface area contributed by atoms with Crippen molar-refractivity contribution >= 4 is 29.9 Å². The van der Waals surface area contributed by atoms with Crippen LogP contribution < -0.4 is 10.6 Å². The van der Waals surface area contributed by atoms with E-state index >= 15 is 0 Å². The first kappa shape index (κ1) is 20.1. The number of rotatable bonds is 7. The molecule has 0 bridgehead atoms. The molecule has 1 aromatic carbocycles. The van der Waals surface area contributed by atoms with E-state index in [9.17, 15) is 4.39 Å². The normalized spacial score (nSPS) is 11.0. The van der Waals surface area contributed by atoms with Gasteiger partial charge in [0.15, 0.2) is 5.96 Å². The van der Waals surface area contributed by atoms with E-state index < -0.39 is 0 Å². The van der Waals surface area contributed by atoms with Crippen LogP contribution in [0, 0.1) is 5.82 Å². The zero-order valence-corrected chi connectivity index (χ0v) is 15.2. The highest BCUT2D eigenvalue weighted by atomic mass is 127. The number of hydrogen-bond donors (Lipinski definition) is 2. The predicted octanol–water partition coefficient (Wildman–Crippen LogP) is 3.06. The number of ether oxygens (including phenoxy) is 1. The Balaban J connectivity index is 0.00000400. The molecule has 0 spiro atoms. The Morgan fingerprint density at radius 3 is 2.71 bits per heavy atom. The van der Waals surface area contributed by atoms with Gasteiger partial charge in [-0.1, -0.05) is 19.4 Å². The van der Waals surface area contributed by atoms with Gasteiger partial charge in [-0.15, -0.1) is 24.0 Å². The molecule has 0 aliphatic heterocycles. The lowest BCUT2D eigenvalue weighted by Crippen LogP contribution is -2.37. The van der Waals surface area contributed by atoms with Gasteiger partial charge in [0.2, 0.25) is 0 Å². The first-order valence-corrected chi connectivity index (χ1v) is 6.92. The second-order valence-corrected chi connectivity index (χ2v) is 4.56. The zero-order chi connectivity index (χ0) is 14.8. The van der Waals surface area contributed by atoms with Crippen LogP contribution in [0.1, 0.15) is 30.9 Å². The molecule has 0 radical (unpaired) electrons. The van der Waals surface area contributed by atoms with Gasteiger partial charge >= 0.3 is 0 Å². The van der Waals surface area contributed by atoms with Gasteiger partial charge in [0.05, 0.1) is 6.61 Å². The molecule has 120 valence electrons. The van der Waals surface area contributed by atoms with Crippen molar-refractivity contribution in [3.63, 3.8) is 0 Å². The number of halogens is 2. The van der Waals surface area contributed by atoms with Crippen LogP contribution in [0.2, 0.25) is 0 Å². The largest absolute Gasteiger partial charge is 0.380 e. The molecule has 1 rings (SSSR count). The quantitative estimate of drug-likeness (QED) is 0.315.